The molecule has 18 heavy (non-hydrogen) atoms. The van der Waals surface area contributed by atoms with E-state index in [9.17, 15) is 4.79 Å². The number of aryl methyl sites for hydroxylation is 1. The van der Waals surface area contributed by atoms with E-state index in [1.165, 1.54) is 5.56 Å². The van der Waals surface area contributed by atoms with Gasteiger partial charge in [0.2, 0.25) is 0 Å². The highest BCUT2D eigenvalue weighted by Gasteiger charge is 2.06. The van der Waals surface area contributed by atoms with Crippen molar-refractivity contribution in [2.24, 2.45) is 0 Å². The van der Waals surface area contributed by atoms with Gasteiger partial charge in [0.1, 0.15) is 0 Å². The SMILES string of the molecule is Cc1ccc(NC(=O)c2cccc(I)c2)cc1I. The first kappa shape index (κ1) is 13.8. The van der Waals surface area contributed by atoms with Gasteiger partial charge in [0.15, 0.2) is 0 Å². The maximum Gasteiger partial charge on any atom is 0.255 e. The first-order valence-electron chi connectivity index (χ1n) is 5.39. The van der Waals surface area contributed by atoms with Crippen LogP contribution in [0, 0.1) is 14.1 Å². The summed E-state index contributed by atoms with van der Waals surface area (Å²) in [5.74, 6) is -0.0758. The molecule has 0 aliphatic carbocycles. The number of rotatable bonds is 2. The predicted molar refractivity (Wildman–Crippen MR) is 91.0 cm³/mol. The molecule has 0 aliphatic rings. The first-order valence-corrected chi connectivity index (χ1v) is 7.55. The third-order valence-corrected chi connectivity index (χ3v) is 4.35. The fourth-order valence-corrected chi connectivity index (χ4v) is 2.56. The van der Waals surface area contributed by atoms with Gasteiger partial charge in [-0.15, -0.1) is 0 Å². The number of hydrogen-bond donors (Lipinski definition) is 1. The Morgan fingerprint density at radius 3 is 2.56 bits per heavy atom. The van der Waals surface area contributed by atoms with Crippen LogP contribution in [-0.2, 0) is 0 Å². The lowest BCUT2D eigenvalue weighted by Gasteiger charge is -2.07. The Kier molecular flexibility index (Phi) is 4.60. The molecule has 2 nitrogen and oxygen atoms in total. The minimum absolute atomic E-state index is 0.0758. The highest BCUT2D eigenvalue weighted by Crippen LogP contribution is 2.18. The van der Waals surface area contributed by atoms with E-state index in [0.717, 1.165) is 12.8 Å². The van der Waals surface area contributed by atoms with Crippen LogP contribution in [0.4, 0.5) is 5.69 Å². The minimum Gasteiger partial charge on any atom is -0.322 e. The van der Waals surface area contributed by atoms with Crippen LogP contribution in [0.2, 0.25) is 0 Å². The molecular weight excluding hydrogens is 452 g/mol. The topological polar surface area (TPSA) is 29.1 Å². The highest BCUT2D eigenvalue weighted by molar-refractivity contribution is 14.1. The van der Waals surface area contributed by atoms with E-state index in [4.69, 9.17) is 0 Å². The molecule has 2 aromatic rings. The van der Waals surface area contributed by atoms with Crippen LogP contribution in [0.25, 0.3) is 0 Å². The lowest BCUT2D eigenvalue weighted by Crippen LogP contribution is -2.12. The summed E-state index contributed by atoms with van der Waals surface area (Å²) in [6.07, 6.45) is 0. The molecule has 0 fully saturated rings. The molecule has 0 aliphatic heterocycles. The lowest BCUT2D eigenvalue weighted by molar-refractivity contribution is 0.102. The summed E-state index contributed by atoms with van der Waals surface area (Å²) in [7, 11) is 0. The second kappa shape index (κ2) is 6.01. The molecule has 2 aromatic carbocycles. The Balaban J connectivity index is 2.18. The van der Waals surface area contributed by atoms with Gasteiger partial charge in [-0.3, -0.25) is 4.79 Å². The van der Waals surface area contributed by atoms with Crippen LogP contribution < -0.4 is 5.32 Å². The van der Waals surface area contributed by atoms with Gasteiger partial charge in [-0.2, -0.15) is 0 Å². The van der Waals surface area contributed by atoms with Crippen molar-refractivity contribution in [3.8, 4) is 0 Å². The largest absolute Gasteiger partial charge is 0.322 e. The molecule has 0 atom stereocenters. The van der Waals surface area contributed by atoms with E-state index < -0.39 is 0 Å². The molecule has 0 bridgehead atoms. The van der Waals surface area contributed by atoms with E-state index in [1.807, 2.05) is 49.4 Å². The lowest BCUT2D eigenvalue weighted by atomic mass is 10.2. The van der Waals surface area contributed by atoms with E-state index in [1.54, 1.807) is 0 Å². The quantitative estimate of drug-likeness (QED) is 0.656. The van der Waals surface area contributed by atoms with Crippen LogP contribution in [0.3, 0.4) is 0 Å². The molecular formula is C14H11I2NO. The van der Waals surface area contributed by atoms with Crippen LogP contribution in [0.1, 0.15) is 15.9 Å². The maximum atomic E-state index is 12.0. The highest BCUT2D eigenvalue weighted by atomic mass is 127. The van der Waals surface area contributed by atoms with Crippen LogP contribution in [-0.4, -0.2) is 5.91 Å². The number of anilines is 1. The van der Waals surface area contributed by atoms with Crippen LogP contribution in [0.5, 0.6) is 0 Å². The predicted octanol–water partition coefficient (Wildman–Crippen LogP) is 4.46. The van der Waals surface area contributed by atoms with Crippen LogP contribution >= 0.6 is 45.2 Å². The van der Waals surface area contributed by atoms with E-state index >= 15 is 0 Å². The van der Waals surface area contributed by atoms with Crippen molar-refractivity contribution in [2.45, 2.75) is 6.92 Å². The van der Waals surface area contributed by atoms with Crippen molar-refractivity contribution in [3.05, 3.63) is 60.7 Å². The number of carbonyl (C=O) groups excluding carboxylic acids is 1. The summed E-state index contributed by atoms with van der Waals surface area (Å²) in [5.41, 5.74) is 2.72. The molecule has 0 radical (unpaired) electrons. The van der Waals surface area contributed by atoms with Crippen molar-refractivity contribution in [1.82, 2.24) is 0 Å². The summed E-state index contributed by atoms with van der Waals surface area (Å²) < 4.78 is 2.20. The minimum atomic E-state index is -0.0758. The van der Waals surface area contributed by atoms with Crippen molar-refractivity contribution < 1.29 is 4.79 Å². The van der Waals surface area contributed by atoms with Gasteiger partial charge >= 0.3 is 0 Å². The van der Waals surface area contributed by atoms with E-state index in [-0.39, 0.29) is 5.91 Å². The number of benzene rings is 2. The van der Waals surface area contributed by atoms with Crippen molar-refractivity contribution in [3.63, 3.8) is 0 Å². The zero-order valence-electron chi connectivity index (χ0n) is 9.71. The van der Waals surface area contributed by atoms with Gasteiger partial charge in [-0.1, -0.05) is 12.1 Å². The Labute approximate surface area is 133 Å². The molecule has 4 heteroatoms. The number of halogens is 2. The Hall–Kier alpha value is -0.630. The molecule has 1 N–H and O–H groups in total. The number of amides is 1. The first-order chi connectivity index (χ1) is 8.56. The summed E-state index contributed by atoms with van der Waals surface area (Å²) in [6, 6.07) is 13.4. The fraction of sp³-hybridized carbons (Fsp3) is 0.0714. The van der Waals surface area contributed by atoms with Gasteiger partial charge in [-0.05, 0) is 88.0 Å². The zero-order valence-corrected chi connectivity index (χ0v) is 14.0. The number of nitrogens with one attached hydrogen (secondary N) is 1. The van der Waals surface area contributed by atoms with Crippen molar-refractivity contribution >= 4 is 56.8 Å². The van der Waals surface area contributed by atoms with Gasteiger partial charge in [0.05, 0.1) is 0 Å². The summed E-state index contributed by atoms with van der Waals surface area (Å²) in [4.78, 5) is 12.0. The Morgan fingerprint density at radius 1 is 1.11 bits per heavy atom. The number of hydrogen-bond acceptors (Lipinski definition) is 1. The number of carbonyl (C=O) groups is 1. The molecule has 0 unspecified atom stereocenters. The zero-order chi connectivity index (χ0) is 13.1. The Morgan fingerprint density at radius 2 is 1.89 bits per heavy atom. The molecule has 92 valence electrons. The van der Waals surface area contributed by atoms with Gasteiger partial charge in [0, 0.05) is 18.4 Å². The second-order valence-corrected chi connectivity index (χ2v) is 6.34. The third kappa shape index (κ3) is 3.44. The smallest absolute Gasteiger partial charge is 0.255 e. The standard InChI is InChI=1S/C14H11I2NO/c1-9-5-6-12(8-13(9)16)17-14(18)10-3-2-4-11(15)7-10/h2-8H,1H3,(H,17,18). The van der Waals surface area contributed by atoms with E-state index in [2.05, 4.69) is 50.5 Å². The molecule has 2 rings (SSSR count). The molecule has 0 saturated heterocycles. The Bertz CT molecular complexity index is 596. The summed E-state index contributed by atoms with van der Waals surface area (Å²) in [5, 5.41) is 2.91. The summed E-state index contributed by atoms with van der Waals surface area (Å²) >= 11 is 4.46. The monoisotopic (exact) mass is 463 g/mol. The molecule has 0 spiro atoms. The van der Waals surface area contributed by atoms with Crippen molar-refractivity contribution in [2.75, 3.05) is 5.32 Å². The maximum absolute atomic E-state index is 12.0. The van der Waals surface area contributed by atoms with Crippen LogP contribution in [0.15, 0.2) is 42.5 Å². The third-order valence-electron chi connectivity index (χ3n) is 2.52. The molecule has 0 aromatic heterocycles. The van der Waals surface area contributed by atoms with Gasteiger partial charge in [-0.25, -0.2) is 0 Å². The summed E-state index contributed by atoms with van der Waals surface area (Å²) in [6.45, 7) is 2.05. The average Bonchev–Trinajstić information content (AvgIpc) is 2.34. The molecule has 1 amide bonds. The van der Waals surface area contributed by atoms with Gasteiger partial charge < -0.3 is 5.32 Å². The average molecular weight is 463 g/mol. The van der Waals surface area contributed by atoms with Gasteiger partial charge in [0.25, 0.3) is 5.91 Å². The van der Waals surface area contributed by atoms with Crippen molar-refractivity contribution in [1.29, 1.82) is 0 Å². The van der Waals surface area contributed by atoms with E-state index in [0.29, 0.717) is 5.56 Å². The normalized spacial score (nSPS) is 10.2. The molecule has 0 heterocycles. The fourth-order valence-electron chi connectivity index (χ4n) is 1.50. The molecule has 0 saturated carbocycles. The second-order valence-electron chi connectivity index (χ2n) is 3.93.